The number of fused-ring (bicyclic) bond motifs is 2. The number of carbonyl (C=O) groups excluding carboxylic acids is 3. The number of anilines is 1. The Balaban J connectivity index is 1.02. The number of aromatic amines is 1. The molecule has 2 atom stereocenters. The number of hydrogen-bond acceptors (Lipinski definition) is 7. The molecule has 4 aliphatic heterocycles. The Morgan fingerprint density at radius 2 is 1.61 bits per heavy atom. The van der Waals surface area contributed by atoms with Crippen LogP contribution in [-0.2, 0) is 16.0 Å². The van der Waals surface area contributed by atoms with Gasteiger partial charge in [0.1, 0.15) is 0 Å². The molecule has 12 nitrogen and oxygen atoms in total. The highest BCUT2D eigenvalue weighted by molar-refractivity contribution is 5.91. The molecule has 3 aromatic rings. The van der Waals surface area contributed by atoms with Gasteiger partial charge in [0.15, 0.2) is 6.10 Å². The third-order valence-corrected chi connectivity index (χ3v) is 11.4. The van der Waals surface area contributed by atoms with E-state index in [1.165, 1.54) is 0 Å². The van der Waals surface area contributed by atoms with Crippen LogP contribution in [0.25, 0.3) is 10.9 Å². The van der Waals surface area contributed by atoms with E-state index in [-0.39, 0.29) is 23.9 Å². The lowest BCUT2D eigenvalue weighted by atomic mass is 9.91. The summed E-state index contributed by atoms with van der Waals surface area (Å²) in [5.74, 6) is -0.495. The van der Waals surface area contributed by atoms with Crippen LogP contribution in [0.5, 0.6) is 0 Å². The second-order valence-electron chi connectivity index (χ2n) is 14.4. The standard InChI is InChI=1S/C37H50N8O4/c1-25-22-28(23-29-24-38-40-33(25)29)26(2)34(35(46)43-20-18-42(19-21-43)30-9-13-41(3)14-10-30)49-37(48)44-15-11-31(12-16-44)45-17-8-27-6-4-5-7-32(27)39-36(45)47/h4-7,22-24,26,30-31,34H,8-21H2,1-3H3,(H,38,40)(H,39,47)/t26-,34?/m1/s1. The topological polar surface area (TPSA) is 117 Å². The summed E-state index contributed by atoms with van der Waals surface area (Å²) in [5, 5.41) is 11.3. The summed E-state index contributed by atoms with van der Waals surface area (Å²) in [6.07, 6.45) is 4.77. The molecular formula is C37H50N8O4. The van der Waals surface area contributed by atoms with Crippen LogP contribution in [0.4, 0.5) is 15.3 Å². The Kier molecular flexibility index (Phi) is 9.77. The quantitative estimate of drug-likeness (QED) is 0.403. The molecule has 4 amide bonds. The van der Waals surface area contributed by atoms with Gasteiger partial charge in [-0.2, -0.15) is 5.10 Å². The van der Waals surface area contributed by atoms with E-state index in [0.29, 0.717) is 51.6 Å². The number of amides is 4. The Hall–Kier alpha value is -4.16. The monoisotopic (exact) mass is 670 g/mol. The number of hydrogen-bond donors (Lipinski definition) is 2. The van der Waals surface area contributed by atoms with Crippen LogP contribution < -0.4 is 5.32 Å². The number of urea groups is 1. The third-order valence-electron chi connectivity index (χ3n) is 11.4. The average molecular weight is 671 g/mol. The molecular weight excluding hydrogens is 620 g/mol. The number of H-pyrrole nitrogens is 1. The van der Waals surface area contributed by atoms with E-state index < -0.39 is 12.2 Å². The number of rotatable bonds is 6. The first-order valence-electron chi connectivity index (χ1n) is 18.0. The summed E-state index contributed by atoms with van der Waals surface area (Å²) >= 11 is 0. The normalized spacial score (nSPS) is 21.6. The maximum atomic E-state index is 14.3. The number of nitrogens with zero attached hydrogens (tertiary/aromatic N) is 6. The van der Waals surface area contributed by atoms with Crippen LogP contribution >= 0.6 is 0 Å². The Bertz CT molecular complexity index is 1650. The largest absolute Gasteiger partial charge is 0.435 e. The predicted octanol–water partition coefficient (Wildman–Crippen LogP) is 4.27. The molecule has 5 heterocycles. The van der Waals surface area contributed by atoms with Gasteiger partial charge in [-0.05, 0) is 88.0 Å². The van der Waals surface area contributed by atoms with Crippen LogP contribution in [0.15, 0.2) is 42.6 Å². The highest BCUT2D eigenvalue weighted by Gasteiger charge is 2.39. The average Bonchev–Trinajstić information content (AvgIpc) is 3.54. The summed E-state index contributed by atoms with van der Waals surface area (Å²) in [6, 6.07) is 12.5. The van der Waals surface area contributed by atoms with Crippen LogP contribution in [-0.4, -0.2) is 137 Å². The number of para-hydroxylation sites is 1. The summed E-state index contributed by atoms with van der Waals surface area (Å²) in [6.45, 7) is 10.7. The van der Waals surface area contributed by atoms with E-state index in [1.54, 1.807) is 11.1 Å². The molecule has 1 unspecified atom stereocenters. The van der Waals surface area contributed by atoms with Gasteiger partial charge in [-0.15, -0.1) is 0 Å². The van der Waals surface area contributed by atoms with Gasteiger partial charge < -0.3 is 29.7 Å². The minimum Gasteiger partial charge on any atom is -0.435 e. The molecule has 2 N–H and O–H groups in total. The number of ether oxygens (including phenoxy) is 1. The van der Waals surface area contributed by atoms with Gasteiger partial charge in [0.2, 0.25) is 0 Å². The highest BCUT2D eigenvalue weighted by atomic mass is 16.6. The van der Waals surface area contributed by atoms with Gasteiger partial charge in [0, 0.05) is 74.9 Å². The van der Waals surface area contributed by atoms with Crippen molar-refractivity contribution in [3.05, 3.63) is 59.3 Å². The Morgan fingerprint density at radius 3 is 2.37 bits per heavy atom. The minimum absolute atomic E-state index is 0.0280. The molecule has 12 heteroatoms. The van der Waals surface area contributed by atoms with Gasteiger partial charge >= 0.3 is 12.1 Å². The summed E-state index contributed by atoms with van der Waals surface area (Å²) < 4.78 is 6.23. The number of piperazine rings is 1. The molecule has 0 aliphatic carbocycles. The van der Waals surface area contributed by atoms with E-state index in [4.69, 9.17) is 4.74 Å². The minimum atomic E-state index is -0.959. The lowest BCUT2D eigenvalue weighted by molar-refractivity contribution is -0.144. The molecule has 3 fully saturated rings. The number of aromatic nitrogens is 2. The van der Waals surface area contributed by atoms with Crippen molar-refractivity contribution in [2.45, 2.75) is 70.1 Å². The van der Waals surface area contributed by atoms with E-state index in [1.807, 2.05) is 47.9 Å². The molecule has 0 bridgehead atoms. The van der Waals surface area contributed by atoms with Crippen molar-refractivity contribution in [2.75, 3.05) is 71.3 Å². The number of nitrogens with one attached hydrogen (secondary N) is 2. The van der Waals surface area contributed by atoms with Crippen molar-refractivity contribution in [1.82, 2.24) is 34.7 Å². The fourth-order valence-electron chi connectivity index (χ4n) is 8.20. The van der Waals surface area contributed by atoms with E-state index in [9.17, 15) is 14.4 Å². The Morgan fingerprint density at radius 1 is 0.898 bits per heavy atom. The SMILES string of the molecule is Cc1cc([C@@H](C)C(OC(=O)N2CCC(N3CCc4ccccc4NC3=O)CC2)C(=O)N2CCN(C3CCN(C)CC3)CC2)cc2cn[nH]c12. The second kappa shape index (κ2) is 14.4. The van der Waals surface area contributed by atoms with Crippen molar-refractivity contribution in [1.29, 1.82) is 0 Å². The molecule has 7 rings (SSSR count). The number of aryl methyl sites for hydroxylation is 1. The lowest BCUT2D eigenvalue weighted by Crippen LogP contribution is -2.57. The van der Waals surface area contributed by atoms with Crippen molar-refractivity contribution in [3.63, 3.8) is 0 Å². The molecule has 49 heavy (non-hydrogen) atoms. The molecule has 262 valence electrons. The van der Waals surface area contributed by atoms with Crippen molar-refractivity contribution in [3.8, 4) is 0 Å². The fourth-order valence-corrected chi connectivity index (χ4v) is 8.20. The molecule has 1 aromatic heterocycles. The van der Waals surface area contributed by atoms with E-state index in [0.717, 1.165) is 78.7 Å². The van der Waals surface area contributed by atoms with Crippen molar-refractivity contribution < 1.29 is 19.1 Å². The van der Waals surface area contributed by atoms with Gasteiger partial charge in [0.25, 0.3) is 5.91 Å². The zero-order chi connectivity index (χ0) is 34.1. The first-order valence-corrected chi connectivity index (χ1v) is 18.0. The van der Waals surface area contributed by atoms with Crippen molar-refractivity contribution >= 4 is 34.6 Å². The summed E-state index contributed by atoms with van der Waals surface area (Å²) in [4.78, 5) is 51.7. The maximum Gasteiger partial charge on any atom is 0.410 e. The molecule has 4 aliphatic rings. The van der Waals surface area contributed by atoms with E-state index >= 15 is 0 Å². The zero-order valence-corrected chi connectivity index (χ0v) is 29.1. The Labute approximate surface area is 288 Å². The summed E-state index contributed by atoms with van der Waals surface area (Å²) in [5.41, 5.74) is 4.93. The molecule has 2 aromatic carbocycles. The van der Waals surface area contributed by atoms with Gasteiger partial charge in [-0.25, -0.2) is 9.59 Å². The van der Waals surface area contributed by atoms with Crippen molar-refractivity contribution in [2.24, 2.45) is 0 Å². The number of likely N-dealkylation sites (tertiary alicyclic amines) is 2. The number of piperidine rings is 2. The highest BCUT2D eigenvalue weighted by Crippen LogP contribution is 2.30. The van der Waals surface area contributed by atoms with E-state index in [2.05, 4.69) is 44.5 Å². The number of benzene rings is 2. The molecule has 0 spiro atoms. The summed E-state index contributed by atoms with van der Waals surface area (Å²) in [7, 11) is 2.18. The van der Waals surface area contributed by atoms with Gasteiger partial charge in [-0.3, -0.25) is 14.8 Å². The number of carbonyl (C=O) groups is 3. The molecule has 3 saturated heterocycles. The van der Waals surface area contributed by atoms with Crippen LogP contribution in [0, 0.1) is 6.92 Å². The van der Waals surface area contributed by atoms with Gasteiger partial charge in [0.05, 0.1) is 11.7 Å². The van der Waals surface area contributed by atoms with Crippen LogP contribution in [0.1, 0.15) is 55.2 Å². The first kappa shape index (κ1) is 33.3. The lowest BCUT2D eigenvalue weighted by Gasteiger charge is -2.43. The zero-order valence-electron chi connectivity index (χ0n) is 29.1. The van der Waals surface area contributed by atoms with Gasteiger partial charge in [-0.1, -0.05) is 31.2 Å². The molecule has 0 radical (unpaired) electrons. The molecule has 0 saturated carbocycles. The maximum absolute atomic E-state index is 14.3. The van der Waals surface area contributed by atoms with Crippen LogP contribution in [0.2, 0.25) is 0 Å². The van der Waals surface area contributed by atoms with Crippen LogP contribution in [0.3, 0.4) is 0 Å². The fraction of sp³-hybridized carbons (Fsp3) is 0.568. The smallest absolute Gasteiger partial charge is 0.410 e. The first-order chi connectivity index (χ1) is 23.7. The third kappa shape index (κ3) is 7.12. The second-order valence-corrected chi connectivity index (χ2v) is 14.4. The predicted molar refractivity (Wildman–Crippen MR) is 189 cm³/mol.